The molecular weight excluding hydrogens is 277 g/mol. The van der Waals surface area contributed by atoms with Crippen molar-refractivity contribution in [1.29, 1.82) is 0 Å². The zero-order valence-corrected chi connectivity index (χ0v) is 10.9. The molecule has 94 valence electrons. The first-order chi connectivity index (χ1) is 8.56. The molecule has 18 heavy (non-hydrogen) atoms. The van der Waals surface area contributed by atoms with Crippen molar-refractivity contribution in [3.63, 3.8) is 0 Å². The number of rotatable bonds is 3. The number of nitrogens with one attached hydrogen (secondary N) is 1. The Kier molecular flexibility index (Phi) is 3.78. The van der Waals surface area contributed by atoms with E-state index in [4.69, 9.17) is 23.2 Å². The minimum Gasteiger partial charge on any atom is -0.309 e. The fourth-order valence-corrected chi connectivity index (χ4v) is 1.72. The van der Waals surface area contributed by atoms with Crippen LogP contribution in [0.25, 0.3) is 0 Å². The molecule has 0 aliphatic heterocycles. The van der Waals surface area contributed by atoms with Crippen LogP contribution in [0.15, 0.2) is 24.5 Å². The van der Waals surface area contributed by atoms with E-state index in [0.717, 1.165) is 0 Å². The van der Waals surface area contributed by atoms with Crippen LogP contribution in [0.3, 0.4) is 0 Å². The van der Waals surface area contributed by atoms with Gasteiger partial charge >= 0.3 is 0 Å². The van der Waals surface area contributed by atoms with E-state index < -0.39 is 6.04 Å². The van der Waals surface area contributed by atoms with Gasteiger partial charge in [-0.15, -0.1) is 0 Å². The van der Waals surface area contributed by atoms with Crippen LogP contribution in [0, 0.1) is 0 Å². The van der Waals surface area contributed by atoms with Crippen LogP contribution in [-0.2, 0) is 4.79 Å². The van der Waals surface area contributed by atoms with Gasteiger partial charge in [-0.1, -0.05) is 11.6 Å². The highest BCUT2D eigenvalue weighted by Crippen LogP contribution is 2.15. The maximum absolute atomic E-state index is 11.9. The predicted octanol–water partition coefficient (Wildman–Crippen LogP) is 2.18. The lowest BCUT2D eigenvalue weighted by atomic mass is 10.3. The molecule has 2 aromatic rings. The molecular formula is C10H9Cl2N5O. The molecule has 0 fully saturated rings. The molecule has 0 saturated carbocycles. The monoisotopic (exact) mass is 285 g/mol. The minimum absolute atomic E-state index is 0.0236. The van der Waals surface area contributed by atoms with Crippen molar-refractivity contribution < 1.29 is 4.79 Å². The molecule has 0 aromatic carbocycles. The number of hydrogen-bond acceptors (Lipinski definition) is 4. The highest BCUT2D eigenvalue weighted by molar-refractivity contribution is 6.32. The smallest absolute Gasteiger partial charge is 0.250 e. The third-order valence-electron chi connectivity index (χ3n) is 2.22. The second-order valence-corrected chi connectivity index (χ2v) is 4.22. The quantitative estimate of drug-likeness (QED) is 0.693. The second kappa shape index (κ2) is 5.32. The number of halogens is 2. The number of nitrogens with zero attached hydrogens (tertiary/aromatic N) is 4. The zero-order valence-electron chi connectivity index (χ0n) is 9.34. The Morgan fingerprint density at radius 1 is 1.44 bits per heavy atom. The van der Waals surface area contributed by atoms with E-state index in [-0.39, 0.29) is 22.2 Å². The van der Waals surface area contributed by atoms with Crippen LogP contribution in [0.2, 0.25) is 10.4 Å². The summed E-state index contributed by atoms with van der Waals surface area (Å²) in [7, 11) is 0. The molecule has 0 radical (unpaired) electrons. The maximum Gasteiger partial charge on any atom is 0.250 e. The first-order valence-corrected chi connectivity index (χ1v) is 5.82. The highest BCUT2D eigenvalue weighted by atomic mass is 35.5. The van der Waals surface area contributed by atoms with Crippen molar-refractivity contribution >= 4 is 34.9 Å². The molecule has 2 heterocycles. The van der Waals surface area contributed by atoms with Crippen molar-refractivity contribution in [3.8, 4) is 0 Å². The van der Waals surface area contributed by atoms with E-state index in [0.29, 0.717) is 0 Å². The molecule has 1 amide bonds. The lowest BCUT2D eigenvalue weighted by Crippen LogP contribution is -2.24. The number of carbonyl (C=O) groups is 1. The van der Waals surface area contributed by atoms with Crippen LogP contribution in [0.1, 0.15) is 13.0 Å². The first-order valence-electron chi connectivity index (χ1n) is 5.06. The van der Waals surface area contributed by atoms with Gasteiger partial charge in [0.1, 0.15) is 17.0 Å². The van der Waals surface area contributed by atoms with Crippen molar-refractivity contribution in [1.82, 2.24) is 19.7 Å². The van der Waals surface area contributed by atoms with Gasteiger partial charge in [-0.2, -0.15) is 5.10 Å². The average Bonchev–Trinajstić information content (AvgIpc) is 2.79. The van der Waals surface area contributed by atoms with Crippen molar-refractivity contribution in [2.24, 2.45) is 0 Å². The van der Waals surface area contributed by atoms with Gasteiger partial charge in [0.25, 0.3) is 0 Å². The van der Waals surface area contributed by atoms with Gasteiger partial charge in [-0.3, -0.25) is 9.48 Å². The van der Waals surface area contributed by atoms with E-state index in [1.807, 2.05) is 0 Å². The molecule has 0 aliphatic carbocycles. The van der Waals surface area contributed by atoms with E-state index in [2.05, 4.69) is 20.4 Å². The molecule has 0 spiro atoms. The van der Waals surface area contributed by atoms with E-state index in [1.54, 1.807) is 25.4 Å². The van der Waals surface area contributed by atoms with Gasteiger partial charge in [-0.25, -0.2) is 9.97 Å². The normalized spacial score (nSPS) is 12.2. The Morgan fingerprint density at radius 3 is 2.83 bits per heavy atom. The van der Waals surface area contributed by atoms with Gasteiger partial charge in [0.05, 0.1) is 0 Å². The third kappa shape index (κ3) is 2.96. The summed E-state index contributed by atoms with van der Waals surface area (Å²) < 4.78 is 1.53. The van der Waals surface area contributed by atoms with Gasteiger partial charge in [0.2, 0.25) is 11.2 Å². The Labute approximate surface area is 113 Å². The van der Waals surface area contributed by atoms with E-state index in [1.165, 1.54) is 10.7 Å². The number of carbonyl (C=O) groups excluding carboxylic acids is 1. The predicted molar refractivity (Wildman–Crippen MR) is 67.6 cm³/mol. The molecule has 8 heteroatoms. The number of hydrogen-bond donors (Lipinski definition) is 1. The fraction of sp³-hybridized carbons (Fsp3) is 0.200. The Morgan fingerprint density at radius 2 is 2.22 bits per heavy atom. The van der Waals surface area contributed by atoms with Crippen LogP contribution >= 0.6 is 23.2 Å². The zero-order chi connectivity index (χ0) is 13.1. The summed E-state index contributed by atoms with van der Waals surface area (Å²) in [5.74, 6) is -0.0199. The van der Waals surface area contributed by atoms with E-state index in [9.17, 15) is 4.79 Å². The van der Waals surface area contributed by atoms with Gasteiger partial charge in [-0.05, 0) is 24.6 Å². The Balaban J connectivity index is 2.11. The van der Waals surface area contributed by atoms with Crippen molar-refractivity contribution in [3.05, 3.63) is 35.0 Å². The van der Waals surface area contributed by atoms with Crippen molar-refractivity contribution in [2.75, 3.05) is 5.32 Å². The molecule has 0 saturated heterocycles. The minimum atomic E-state index is -0.465. The van der Waals surface area contributed by atoms with Crippen LogP contribution in [0.5, 0.6) is 0 Å². The summed E-state index contributed by atoms with van der Waals surface area (Å²) in [6, 6.07) is 2.69. The Hall–Kier alpha value is -1.66. The molecule has 1 unspecified atom stereocenters. The maximum atomic E-state index is 11.9. The molecule has 1 N–H and O–H groups in total. The standard InChI is InChI=1S/C10H9Cl2N5O/c1-6(17-4-2-3-13-17)9(18)15-8-5-7(11)14-10(12)16-8/h2-6H,1H3,(H,14,15,16,18). The van der Waals surface area contributed by atoms with Crippen LogP contribution < -0.4 is 5.32 Å². The Bertz CT molecular complexity index is 537. The van der Waals surface area contributed by atoms with Gasteiger partial charge in [0.15, 0.2) is 0 Å². The van der Waals surface area contributed by atoms with Crippen LogP contribution in [-0.4, -0.2) is 25.7 Å². The first kappa shape index (κ1) is 12.8. The average molecular weight is 286 g/mol. The summed E-state index contributed by atoms with van der Waals surface area (Å²) in [4.78, 5) is 19.4. The molecule has 1 atom stereocenters. The lowest BCUT2D eigenvalue weighted by Gasteiger charge is -2.12. The summed E-state index contributed by atoms with van der Waals surface area (Å²) in [6.07, 6.45) is 3.30. The summed E-state index contributed by atoms with van der Waals surface area (Å²) in [5.41, 5.74) is 0. The van der Waals surface area contributed by atoms with Gasteiger partial charge in [0, 0.05) is 18.5 Å². The SMILES string of the molecule is CC(C(=O)Nc1cc(Cl)nc(Cl)n1)n1cccn1. The van der Waals surface area contributed by atoms with Crippen molar-refractivity contribution in [2.45, 2.75) is 13.0 Å². The molecule has 0 bridgehead atoms. The number of amides is 1. The number of aromatic nitrogens is 4. The second-order valence-electron chi connectivity index (χ2n) is 3.50. The highest BCUT2D eigenvalue weighted by Gasteiger charge is 2.16. The molecule has 2 rings (SSSR count). The summed E-state index contributed by atoms with van der Waals surface area (Å²) in [5, 5.41) is 6.72. The topological polar surface area (TPSA) is 72.7 Å². The summed E-state index contributed by atoms with van der Waals surface area (Å²) >= 11 is 11.3. The van der Waals surface area contributed by atoms with Gasteiger partial charge < -0.3 is 5.32 Å². The fourth-order valence-electron chi connectivity index (χ4n) is 1.31. The largest absolute Gasteiger partial charge is 0.309 e. The molecule has 0 aliphatic rings. The van der Waals surface area contributed by atoms with Crippen LogP contribution in [0.4, 0.5) is 5.82 Å². The molecule has 2 aromatic heterocycles. The lowest BCUT2D eigenvalue weighted by molar-refractivity contribution is -0.119. The third-order valence-corrected chi connectivity index (χ3v) is 2.58. The number of anilines is 1. The van der Waals surface area contributed by atoms with E-state index >= 15 is 0 Å². The molecule has 6 nitrogen and oxygen atoms in total. The summed E-state index contributed by atoms with van der Waals surface area (Å²) in [6.45, 7) is 1.72.